The molecule has 1 unspecified atom stereocenters. The van der Waals surface area contributed by atoms with Crippen LogP contribution in [0.15, 0.2) is 59.8 Å². The summed E-state index contributed by atoms with van der Waals surface area (Å²) >= 11 is 0. The number of hydrogen-bond acceptors (Lipinski definition) is 2. The van der Waals surface area contributed by atoms with E-state index in [9.17, 15) is 0 Å². The van der Waals surface area contributed by atoms with Crippen LogP contribution < -0.4 is 11.5 Å². The summed E-state index contributed by atoms with van der Waals surface area (Å²) in [5.74, 6) is 3.48. The molecule has 32 heavy (non-hydrogen) atoms. The molecular weight excluding hydrogens is 388 g/mol. The first-order valence-electron chi connectivity index (χ1n) is 13.3. The summed E-state index contributed by atoms with van der Waals surface area (Å²) in [6.45, 7) is 6.49. The molecule has 0 bridgehead atoms. The summed E-state index contributed by atoms with van der Waals surface area (Å²) in [5, 5.41) is 0. The highest BCUT2D eigenvalue weighted by Gasteiger charge is 2.34. The van der Waals surface area contributed by atoms with Crippen molar-refractivity contribution < 1.29 is 0 Å². The highest BCUT2D eigenvalue weighted by atomic mass is 14.7. The molecule has 3 aliphatic rings. The number of allylic oxidation sites excluding steroid dienone is 2. The van der Waals surface area contributed by atoms with Crippen molar-refractivity contribution in [1.82, 2.24) is 0 Å². The molecule has 0 aliphatic heterocycles. The third-order valence-corrected chi connectivity index (χ3v) is 8.75. The molecule has 0 radical (unpaired) electrons. The Balaban J connectivity index is 1.40. The molecule has 2 nitrogen and oxygen atoms in total. The van der Waals surface area contributed by atoms with Gasteiger partial charge in [0.1, 0.15) is 0 Å². The van der Waals surface area contributed by atoms with Gasteiger partial charge in [0.05, 0.1) is 6.04 Å². The van der Waals surface area contributed by atoms with Crippen LogP contribution in [0, 0.1) is 23.7 Å². The molecule has 0 aromatic heterocycles. The van der Waals surface area contributed by atoms with Gasteiger partial charge in [0.25, 0.3) is 0 Å². The van der Waals surface area contributed by atoms with Crippen molar-refractivity contribution in [3.8, 4) is 0 Å². The summed E-state index contributed by atoms with van der Waals surface area (Å²) in [5.41, 5.74) is 18.5. The smallest absolute Gasteiger partial charge is 0.0574 e. The van der Waals surface area contributed by atoms with Gasteiger partial charge >= 0.3 is 0 Å². The predicted molar refractivity (Wildman–Crippen MR) is 138 cm³/mol. The molecule has 3 aliphatic carbocycles. The molecule has 0 heterocycles. The van der Waals surface area contributed by atoms with Gasteiger partial charge in [-0.2, -0.15) is 0 Å². The zero-order chi connectivity index (χ0) is 22.5. The zero-order valence-corrected chi connectivity index (χ0v) is 20.2. The first-order valence-corrected chi connectivity index (χ1v) is 13.3. The van der Waals surface area contributed by atoms with Crippen LogP contribution in [0.3, 0.4) is 0 Å². The Hall–Kier alpha value is -1.80. The number of nitrogens with two attached hydrogens (primary N) is 2. The zero-order valence-electron chi connectivity index (χ0n) is 20.2. The van der Waals surface area contributed by atoms with Crippen molar-refractivity contribution in [2.75, 3.05) is 0 Å². The second-order valence-corrected chi connectivity index (χ2v) is 10.7. The highest BCUT2D eigenvalue weighted by molar-refractivity contribution is 5.81. The molecule has 174 valence electrons. The van der Waals surface area contributed by atoms with E-state index in [1.54, 1.807) is 0 Å². The topological polar surface area (TPSA) is 52.0 Å². The average Bonchev–Trinajstić information content (AvgIpc) is 2.84. The minimum absolute atomic E-state index is 0.196. The minimum atomic E-state index is -0.196. The van der Waals surface area contributed by atoms with E-state index in [1.807, 2.05) is 0 Å². The van der Waals surface area contributed by atoms with Crippen molar-refractivity contribution in [3.05, 3.63) is 65.4 Å². The molecule has 2 heteroatoms. The van der Waals surface area contributed by atoms with Crippen LogP contribution in [-0.4, -0.2) is 6.04 Å². The van der Waals surface area contributed by atoms with Crippen LogP contribution in [0.1, 0.15) is 89.5 Å². The Morgan fingerprint density at radius 3 is 2.12 bits per heavy atom. The maximum atomic E-state index is 6.66. The van der Waals surface area contributed by atoms with E-state index in [0.717, 1.165) is 29.0 Å². The summed E-state index contributed by atoms with van der Waals surface area (Å²) in [6, 6.07) is 10.4. The molecule has 4 rings (SSSR count). The van der Waals surface area contributed by atoms with Crippen molar-refractivity contribution in [2.45, 2.75) is 90.0 Å². The maximum absolute atomic E-state index is 6.66. The fourth-order valence-electron chi connectivity index (χ4n) is 6.71. The number of benzene rings is 1. The lowest BCUT2D eigenvalue weighted by atomic mass is 9.66. The number of rotatable bonds is 7. The average molecular weight is 433 g/mol. The van der Waals surface area contributed by atoms with Gasteiger partial charge in [-0.3, -0.25) is 0 Å². The fraction of sp³-hybridized carbons (Fsp3) is 0.600. The first-order chi connectivity index (χ1) is 15.6. The molecule has 4 N–H and O–H groups in total. The second kappa shape index (κ2) is 10.9. The normalized spacial score (nSPS) is 31.5. The van der Waals surface area contributed by atoms with Gasteiger partial charge < -0.3 is 11.5 Å². The second-order valence-electron chi connectivity index (χ2n) is 10.7. The third kappa shape index (κ3) is 5.22. The lowest BCUT2D eigenvalue weighted by Crippen LogP contribution is -2.33. The van der Waals surface area contributed by atoms with E-state index < -0.39 is 0 Å². The molecule has 0 saturated heterocycles. The minimum Gasteiger partial charge on any atom is -0.398 e. The molecule has 0 amide bonds. The van der Waals surface area contributed by atoms with Crippen LogP contribution >= 0.6 is 0 Å². The summed E-state index contributed by atoms with van der Waals surface area (Å²) in [7, 11) is 0. The summed E-state index contributed by atoms with van der Waals surface area (Å²) in [4.78, 5) is 0. The number of unbranched alkanes of at least 4 members (excludes halogenated alkanes) is 2. The first kappa shape index (κ1) is 23.4. The molecule has 1 aromatic rings. The Labute approximate surface area is 196 Å². The molecular formula is C30H44N2. The third-order valence-electron chi connectivity index (χ3n) is 8.75. The van der Waals surface area contributed by atoms with Crippen LogP contribution in [0.4, 0.5) is 0 Å². The van der Waals surface area contributed by atoms with Gasteiger partial charge in [0, 0.05) is 5.70 Å². The van der Waals surface area contributed by atoms with Gasteiger partial charge in [0.2, 0.25) is 0 Å². The fourth-order valence-corrected chi connectivity index (χ4v) is 6.71. The van der Waals surface area contributed by atoms with Crippen LogP contribution in [0.5, 0.6) is 0 Å². The summed E-state index contributed by atoms with van der Waals surface area (Å²) < 4.78 is 0. The SMILES string of the molecule is C=C1C(N)=CC(C2CCC(C3CCC(CCCCC)CC3)CC2)=C(c2ccccc2)C1N. The molecule has 1 atom stereocenters. The van der Waals surface area contributed by atoms with Crippen molar-refractivity contribution in [2.24, 2.45) is 35.1 Å². The van der Waals surface area contributed by atoms with E-state index >= 15 is 0 Å². The quantitative estimate of drug-likeness (QED) is 0.442. The van der Waals surface area contributed by atoms with Crippen molar-refractivity contribution in [1.29, 1.82) is 0 Å². The Morgan fingerprint density at radius 1 is 0.875 bits per heavy atom. The molecule has 2 fully saturated rings. The largest absolute Gasteiger partial charge is 0.398 e. The van der Waals surface area contributed by atoms with Gasteiger partial charge in [-0.15, -0.1) is 0 Å². The Kier molecular flexibility index (Phi) is 7.94. The summed E-state index contributed by atoms with van der Waals surface area (Å²) in [6.07, 6.45) is 19.1. The molecule has 2 saturated carbocycles. The van der Waals surface area contributed by atoms with Crippen LogP contribution in [-0.2, 0) is 0 Å². The maximum Gasteiger partial charge on any atom is 0.0574 e. The van der Waals surface area contributed by atoms with Crippen LogP contribution in [0.2, 0.25) is 0 Å². The van der Waals surface area contributed by atoms with Crippen molar-refractivity contribution >= 4 is 5.57 Å². The highest BCUT2D eigenvalue weighted by Crippen LogP contribution is 2.46. The Bertz CT molecular complexity index is 818. The van der Waals surface area contributed by atoms with E-state index in [4.69, 9.17) is 11.5 Å². The lowest BCUT2D eigenvalue weighted by Gasteiger charge is -2.39. The van der Waals surface area contributed by atoms with E-state index in [-0.39, 0.29) is 6.04 Å². The predicted octanol–water partition coefficient (Wildman–Crippen LogP) is 7.37. The molecule has 1 aromatic carbocycles. The number of hydrogen-bond donors (Lipinski definition) is 2. The standard InChI is InChI=1S/C30H44N2/c1-3-4-6-9-22-12-14-23(15-13-22)24-16-18-25(19-17-24)27-20-28(31)21(2)30(32)29(27)26-10-7-5-8-11-26/h5,7-8,10-11,20,22-25,30H,2-4,6,9,12-19,31-32H2,1H3. The van der Waals surface area contributed by atoms with Gasteiger partial charge in [-0.1, -0.05) is 82.4 Å². The monoisotopic (exact) mass is 432 g/mol. The van der Waals surface area contributed by atoms with E-state index in [2.05, 4.69) is 49.9 Å². The van der Waals surface area contributed by atoms with E-state index in [0.29, 0.717) is 5.92 Å². The molecule has 0 spiro atoms. The van der Waals surface area contributed by atoms with Crippen LogP contribution in [0.25, 0.3) is 5.57 Å². The van der Waals surface area contributed by atoms with Gasteiger partial charge in [0.15, 0.2) is 0 Å². The van der Waals surface area contributed by atoms with Crippen molar-refractivity contribution in [3.63, 3.8) is 0 Å². The Morgan fingerprint density at radius 2 is 1.50 bits per heavy atom. The van der Waals surface area contributed by atoms with E-state index in [1.165, 1.54) is 93.8 Å². The van der Waals surface area contributed by atoms with Gasteiger partial charge in [-0.05, 0) is 90.6 Å². The van der Waals surface area contributed by atoms with Gasteiger partial charge in [-0.25, -0.2) is 0 Å². The lowest BCUT2D eigenvalue weighted by molar-refractivity contribution is 0.150.